The average molecular weight is 580 g/mol. The molecule has 0 aromatic heterocycles. The highest BCUT2D eigenvalue weighted by Crippen LogP contribution is 2.23. The van der Waals surface area contributed by atoms with Crippen molar-refractivity contribution in [3.8, 4) is 5.75 Å². The van der Waals surface area contributed by atoms with Gasteiger partial charge in [-0.05, 0) is 66.3 Å². The van der Waals surface area contributed by atoms with Crippen molar-refractivity contribution in [3.63, 3.8) is 0 Å². The highest BCUT2D eigenvalue weighted by atomic mass is 32.2. The van der Waals surface area contributed by atoms with Crippen LogP contribution in [0, 0.1) is 19.8 Å². The molecule has 2 amide bonds. The summed E-state index contributed by atoms with van der Waals surface area (Å²) in [7, 11) is -2.26. The summed E-state index contributed by atoms with van der Waals surface area (Å²) >= 11 is 0. The van der Waals surface area contributed by atoms with Gasteiger partial charge in [0.15, 0.2) is 0 Å². The van der Waals surface area contributed by atoms with Gasteiger partial charge in [-0.3, -0.25) is 13.9 Å². The molecular weight excluding hydrogens is 538 g/mol. The Hall–Kier alpha value is -3.85. The Kier molecular flexibility index (Phi) is 10.9. The second-order valence-electron chi connectivity index (χ2n) is 10.8. The molecule has 0 radical (unpaired) electrons. The zero-order valence-electron chi connectivity index (χ0n) is 24.8. The van der Waals surface area contributed by atoms with E-state index in [0.29, 0.717) is 18.0 Å². The van der Waals surface area contributed by atoms with Gasteiger partial charge in [0.2, 0.25) is 21.8 Å². The van der Waals surface area contributed by atoms with Gasteiger partial charge in [0.05, 0.1) is 19.1 Å². The fourth-order valence-corrected chi connectivity index (χ4v) is 5.49. The molecule has 0 unspecified atom stereocenters. The number of anilines is 1. The monoisotopic (exact) mass is 579 g/mol. The second-order valence-corrected chi connectivity index (χ2v) is 12.7. The molecule has 0 fully saturated rings. The maximum absolute atomic E-state index is 14.2. The number of nitrogens with one attached hydrogen (secondary N) is 1. The number of rotatable bonds is 13. The van der Waals surface area contributed by atoms with Gasteiger partial charge in [-0.1, -0.05) is 62.4 Å². The van der Waals surface area contributed by atoms with Crippen LogP contribution in [0.5, 0.6) is 5.75 Å². The van der Waals surface area contributed by atoms with Gasteiger partial charge < -0.3 is 15.0 Å². The predicted octanol–water partition coefficient (Wildman–Crippen LogP) is 4.49. The third-order valence-corrected chi connectivity index (χ3v) is 7.76. The van der Waals surface area contributed by atoms with E-state index in [9.17, 15) is 18.0 Å². The summed E-state index contributed by atoms with van der Waals surface area (Å²) in [6.07, 6.45) is 1.35. The first-order valence-electron chi connectivity index (χ1n) is 13.7. The Morgan fingerprint density at radius 2 is 1.54 bits per heavy atom. The van der Waals surface area contributed by atoms with Gasteiger partial charge >= 0.3 is 0 Å². The first-order chi connectivity index (χ1) is 19.4. The highest BCUT2D eigenvalue weighted by molar-refractivity contribution is 7.92. The number of aryl methyl sites for hydroxylation is 2. The van der Waals surface area contributed by atoms with Gasteiger partial charge in [-0.2, -0.15) is 0 Å². The third kappa shape index (κ3) is 9.35. The number of carbonyl (C=O) groups excluding carboxylic acids is 2. The second kappa shape index (κ2) is 14.2. The molecule has 41 heavy (non-hydrogen) atoms. The Morgan fingerprint density at radius 3 is 2.12 bits per heavy atom. The van der Waals surface area contributed by atoms with E-state index in [0.717, 1.165) is 32.8 Å². The number of hydrogen-bond donors (Lipinski definition) is 1. The minimum absolute atomic E-state index is 0.0904. The molecule has 3 aromatic rings. The lowest BCUT2D eigenvalue weighted by Crippen LogP contribution is -2.53. The lowest BCUT2D eigenvalue weighted by molar-refractivity contribution is -0.140. The SMILES string of the molecule is COc1cccc(CN(C(=O)CN(c2cc(C)cc(C)c2)S(C)(=O)=O)[C@H](Cc2ccccc2)C(=O)NCC(C)C)c1. The maximum Gasteiger partial charge on any atom is 0.244 e. The number of methoxy groups -OCH3 is 1. The molecule has 0 aliphatic rings. The molecular formula is C32H41N3O5S. The molecule has 0 saturated heterocycles. The summed E-state index contributed by atoms with van der Waals surface area (Å²) < 4.78 is 32.5. The molecule has 220 valence electrons. The van der Waals surface area contributed by atoms with E-state index >= 15 is 0 Å². The van der Waals surface area contributed by atoms with Crippen LogP contribution in [0.25, 0.3) is 0 Å². The van der Waals surface area contributed by atoms with Gasteiger partial charge in [-0.25, -0.2) is 8.42 Å². The Labute approximate surface area is 244 Å². The van der Waals surface area contributed by atoms with Crippen LogP contribution in [0.15, 0.2) is 72.8 Å². The Balaban J connectivity index is 2.08. The van der Waals surface area contributed by atoms with E-state index in [1.165, 1.54) is 4.90 Å². The van der Waals surface area contributed by atoms with Crippen molar-refractivity contribution in [3.05, 3.63) is 95.1 Å². The fraction of sp³-hybridized carbons (Fsp3) is 0.375. The van der Waals surface area contributed by atoms with Crippen LogP contribution in [-0.4, -0.2) is 57.6 Å². The van der Waals surface area contributed by atoms with Crippen molar-refractivity contribution < 1.29 is 22.7 Å². The zero-order chi connectivity index (χ0) is 30.2. The quantitative estimate of drug-likeness (QED) is 0.322. The first kappa shape index (κ1) is 31.7. The average Bonchev–Trinajstić information content (AvgIpc) is 2.91. The molecule has 0 aliphatic heterocycles. The minimum atomic E-state index is -3.82. The molecule has 1 N–H and O–H groups in total. The maximum atomic E-state index is 14.2. The third-order valence-electron chi connectivity index (χ3n) is 6.62. The minimum Gasteiger partial charge on any atom is -0.497 e. The van der Waals surface area contributed by atoms with E-state index in [1.807, 2.05) is 82.3 Å². The van der Waals surface area contributed by atoms with Crippen LogP contribution in [-0.2, 0) is 32.6 Å². The summed E-state index contributed by atoms with van der Waals surface area (Å²) in [6.45, 7) is 7.84. The van der Waals surface area contributed by atoms with E-state index in [2.05, 4.69) is 5.32 Å². The molecule has 0 aliphatic carbocycles. The van der Waals surface area contributed by atoms with Crippen molar-refractivity contribution in [2.75, 3.05) is 30.8 Å². The highest BCUT2D eigenvalue weighted by Gasteiger charge is 2.33. The number of sulfonamides is 1. The van der Waals surface area contributed by atoms with Gasteiger partial charge in [0.25, 0.3) is 0 Å². The van der Waals surface area contributed by atoms with Crippen molar-refractivity contribution >= 4 is 27.5 Å². The molecule has 0 saturated carbocycles. The number of amides is 2. The van der Waals surface area contributed by atoms with E-state index in [1.54, 1.807) is 25.3 Å². The molecule has 3 rings (SSSR count). The summed E-state index contributed by atoms with van der Waals surface area (Å²) in [4.78, 5) is 29.4. The number of nitrogens with zero attached hydrogens (tertiary/aromatic N) is 2. The molecule has 8 nitrogen and oxygen atoms in total. The van der Waals surface area contributed by atoms with Crippen molar-refractivity contribution in [1.29, 1.82) is 0 Å². The Bertz CT molecular complexity index is 1420. The van der Waals surface area contributed by atoms with Crippen LogP contribution in [0.3, 0.4) is 0 Å². The number of ether oxygens (including phenoxy) is 1. The summed E-state index contributed by atoms with van der Waals surface area (Å²) in [5.74, 6) is 0.0463. The summed E-state index contributed by atoms with van der Waals surface area (Å²) in [5, 5.41) is 2.99. The number of hydrogen-bond acceptors (Lipinski definition) is 5. The van der Waals surface area contributed by atoms with Crippen LogP contribution < -0.4 is 14.4 Å². The standard InChI is InChI=1S/C32H41N3O5S/c1-23(2)20-33-32(37)30(19-26-11-8-7-9-12-26)34(21-27-13-10-14-29(18-27)40-5)31(36)22-35(41(6,38)39)28-16-24(3)15-25(4)17-28/h7-18,23,30H,19-22H2,1-6H3,(H,33,37)/t30-/m1/s1. The molecule has 0 spiro atoms. The van der Waals surface area contributed by atoms with Crippen molar-refractivity contribution in [2.24, 2.45) is 5.92 Å². The first-order valence-corrected chi connectivity index (χ1v) is 15.5. The largest absolute Gasteiger partial charge is 0.497 e. The lowest BCUT2D eigenvalue weighted by Gasteiger charge is -2.34. The summed E-state index contributed by atoms with van der Waals surface area (Å²) in [5.41, 5.74) is 3.80. The van der Waals surface area contributed by atoms with Gasteiger partial charge in [0.1, 0.15) is 18.3 Å². The van der Waals surface area contributed by atoms with Crippen LogP contribution in [0.2, 0.25) is 0 Å². The number of benzene rings is 3. The number of carbonyl (C=O) groups is 2. The van der Waals surface area contributed by atoms with Crippen molar-refractivity contribution in [2.45, 2.75) is 46.7 Å². The fourth-order valence-electron chi connectivity index (χ4n) is 4.65. The normalized spacial score (nSPS) is 12.1. The van der Waals surface area contributed by atoms with E-state index in [-0.39, 0.29) is 24.8 Å². The van der Waals surface area contributed by atoms with E-state index < -0.39 is 28.5 Å². The van der Waals surface area contributed by atoms with Crippen LogP contribution >= 0.6 is 0 Å². The molecule has 3 aromatic carbocycles. The predicted molar refractivity (Wildman–Crippen MR) is 163 cm³/mol. The smallest absolute Gasteiger partial charge is 0.244 e. The topological polar surface area (TPSA) is 96.0 Å². The van der Waals surface area contributed by atoms with Crippen LogP contribution in [0.1, 0.15) is 36.1 Å². The Morgan fingerprint density at radius 1 is 0.902 bits per heavy atom. The molecule has 9 heteroatoms. The van der Waals surface area contributed by atoms with Gasteiger partial charge in [-0.15, -0.1) is 0 Å². The molecule has 1 atom stereocenters. The van der Waals surface area contributed by atoms with Crippen molar-refractivity contribution in [1.82, 2.24) is 10.2 Å². The lowest BCUT2D eigenvalue weighted by atomic mass is 10.0. The summed E-state index contributed by atoms with van der Waals surface area (Å²) in [6, 6.07) is 21.3. The molecule has 0 heterocycles. The van der Waals surface area contributed by atoms with Crippen LogP contribution in [0.4, 0.5) is 5.69 Å². The van der Waals surface area contributed by atoms with E-state index in [4.69, 9.17) is 4.74 Å². The van der Waals surface area contributed by atoms with Gasteiger partial charge in [0, 0.05) is 19.5 Å². The zero-order valence-corrected chi connectivity index (χ0v) is 25.6. The molecule has 0 bridgehead atoms.